The molecule has 0 amide bonds. The third kappa shape index (κ3) is 2.10. The second-order valence-corrected chi connectivity index (χ2v) is 6.34. The van der Waals surface area contributed by atoms with Crippen molar-refractivity contribution in [3.8, 4) is 16.9 Å². The van der Waals surface area contributed by atoms with Crippen LogP contribution in [0.1, 0.15) is 17.2 Å². The van der Waals surface area contributed by atoms with E-state index < -0.39 is 0 Å². The van der Waals surface area contributed by atoms with Crippen molar-refractivity contribution in [1.82, 2.24) is 9.97 Å². The minimum absolute atomic E-state index is 0.198. The summed E-state index contributed by atoms with van der Waals surface area (Å²) >= 11 is 0. The van der Waals surface area contributed by atoms with Crippen molar-refractivity contribution in [3.05, 3.63) is 77.9 Å². The lowest BCUT2D eigenvalue weighted by molar-refractivity contribution is 0.386. The van der Waals surface area contributed by atoms with Gasteiger partial charge in [-0.3, -0.25) is 0 Å². The highest BCUT2D eigenvalue weighted by Crippen LogP contribution is 2.43. The van der Waals surface area contributed by atoms with Crippen molar-refractivity contribution in [2.75, 3.05) is 12.4 Å². The summed E-state index contributed by atoms with van der Waals surface area (Å²) in [6, 6.07) is 15.1. The molecule has 0 fully saturated rings. The van der Waals surface area contributed by atoms with Gasteiger partial charge in [0, 0.05) is 34.6 Å². The molecule has 0 spiro atoms. The van der Waals surface area contributed by atoms with Gasteiger partial charge in [0.1, 0.15) is 5.65 Å². The van der Waals surface area contributed by atoms with Crippen LogP contribution in [0.2, 0.25) is 0 Å². The molecular weight excluding hydrogens is 329 g/mol. The molecule has 1 atom stereocenters. The largest absolute Gasteiger partial charge is 0.494 e. The summed E-state index contributed by atoms with van der Waals surface area (Å²) in [5.41, 5.74) is 5.94. The summed E-state index contributed by atoms with van der Waals surface area (Å²) in [5, 5.41) is 4.64. The SMILES string of the molecule is COc1ccc(C2Nc3ccccc3-c3ccnc4[nH]cc2c34)cc1F. The second kappa shape index (κ2) is 5.59. The Morgan fingerprint density at radius 2 is 1.96 bits per heavy atom. The van der Waals surface area contributed by atoms with Gasteiger partial charge >= 0.3 is 0 Å². The first-order valence-electron chi connectivity index (χ1n) is 8.41. The highest BCUT2D eigenvalue weighted by atomic mass is 19.1. The molecule has 1 aliphatic heterocycles. The van der Waals surface area contributed by atoms with E-state index in [1.807, 2.05) is 42.7 Å². The number of nitrogens with one attached hydrogen (secondary N) is 2. The lowest BCUT2D eigenvalue weighted by Crippen LogP contribution is -2.11. The molecule has 128 valence electrons. The van der Waals surface area contributed by atoms with Gasteiger partial charge in [0.25, 0.3) is 0 Å². The molecule has 1 unspecified atom stereocenters. The molecule has 2 aromatic heterocycles. The van der Waals surface area contributed by atoms with Crippen LogP contribution < -0.4 is 10.1 Å². The number of fused-ring (bicyclic) bond motifs is 2. The van der Waals surface area contributed by atoms with E-state index in [4.69, 9.17) is 4.74 Å². The number of pyridine rings is 1. The normalized spacial score (nSPS) is 15.2. The van der Waals surface area contributed by atoms with Gasteiger partial charge in [-0.15, -0.1) is 0 Å². The topological polar surface area (TPSA) is 49.9 Å². The van der Waals surface area contributed by atoms with E-state index in [0.29, 0.717) is 0 Å². The van der Waals surface area contributed by atoms with E-state index in [-0.39, 0.29) is 17.6 Å². The predicted octanol–water partition coefficient (Wildman–Crippen LogP) is 4.89. The molecule has 5 heteroatoms. The Kier molecular flexibility index (Phi) is 3.22. The van der Waals surface area contributed by atoms with E-state index in [2.05, 4.69) is 21.4 Å². The van der Waals surface area contributed by atoms with Crippen molar-refractivity contribution in [1.29, 1.82) is 0 Å². The molecule has 26 heavy (non-hydrogen) atoms. The molecule has 0 aliphatic carbocycles. The Bertz CT molecular complexity index is 1140. The number of aromatic amines is 1. The van der Waals surface area contributed by atoms with Crippen molar-refractivity contribution < 1.29 is 9.13 Å². The van der Waals surface area contributed by atoms with E-state index in [9.17, 15) is 4.39 Å². The highest BCUT2D eigenvalue weighted by Gasteiger charge is 2.26. The fraction of sp³-hybridized carbons (Fsp3) is 0.0952. The molecule has 4 aromatic rings. The van der Waals surface area contributed by atoms with E-state index in [1.165, 1.54) is 13.2 Å². The summed E-state index contributed by atoms with van der Waals surface area (Å²) in [5.74, 6) is -0.133. The van der Waals surface area contributed by atoms with Crippen LogP contribution in [0, 0.1) is 5.82 Å². The quantitative estimate of drug-likeness (QED) is 0.544. The minimum Gasteiger partial charge on any atom is -0.494 e. The number of hydrogen-bond acceptors (Lipinski definition) is 3. The molecule has 0 radical (unpaired) electrons. The first-order valence-corrected chi connectivity index (χ1v) is 8.41. The average molecular weight is 345 g/mol. The van der Waals surface area contributed by atoms with Crippen LogP contribution in [0.5, 0.6) is 5.75 Å². The number of methoxy groups -OCH3 is 1. The number of hydrogen-bond donors (Lipinski definition) is 2. The summed E-state index contributed by atoms with van der Waals surface area (Å²) in [6.07, 6.45) is 3.76. The highest BCUT2D eigenvalue weighted by molar-refractivity contribution is 6.01. The first-order chi connectivity index (χ1) is 12.8. The molecular formula is C21H16FN3O. The number of H-pyrrole nitrogens is 1. The van der Waals surface area contributed by atoms with Crippen molar-refractivity contribution >= 4 is 16.7 Å². The van der Waals surface area contributed by atoms with Crippen LogP contribution in [0.4, 0.5) is 10.1 Å². The molecule has 0 saturated heterocycles. The Balaban J connectivity index is 1.79. The smallest absolute Gasteiger partial charge is 0.165 e. The number of benzene rings is 2. The lowest BCUT2D eigenvalue weighted by atomic mass is 9.97. The van der Waals surface area contributed by atoms with Crippen LogP contribution in [0.3, 0.4) is 0 Å². The minimum atomic E-state index is -0.373. The lowest BCUT2D eigenvalue weighted by Gasteiger charge is -2.20. The molecule has 4 nitrogen and oxygen atoms in total. The monoisotopic (exact) mass is 345 g/mol. The number of halogens is 1. The van der Waals surface area contributed by atoms with Crippen molar-refractivity contribution in [2.45, 2.75) is 6.04 Å². The molecule has 0 saturated carbocycles. The van der Waals surface area contributed by atoms with Crippen LogP contribution in [-0.2, 0) is 0 Å². The van der Waals surface area contributed by atoms with Crippen LogP contribution in [-0.4, -0.2) is 17.1 Å². The number of nitrogens with zero attached hydrogens (tertiary/aromatic N) is 1. The maximum atomic E-state index is 14.3. The standard InChI is InChI=1S/C21H16FN3O/c1-26-18-7-6-12(10-16(18)22)20-15-11-24-21-19(15)14(8-9-23-21)13-4-2-3-5-17(13)25-20/h2-11,20,25H,1H3,(H,23,24). The van der Waals surface area contributed by atoms with E-state index >= 15 is 0 Å². The van der Waals surface area contributed by atoms with Gasteiger partial charge in [-0.05, 0) is 35.4 Å². The number of ether oxygens (including phenoxy) is 1. The zero-order valence-corrected chi connectivity index (χ0v) is 14.1. The zero-order chi connectivity index (χ0) is 17.7. The molecule has 2 aromatic carbocycles. The third-order valence-corrected chi connectivity index (χ3v) is 4.94. The molecule has 1 aliphatic rings. The number of aromatic nitrogens is 2. The maximum Gasteiger partial charge on any atom is 0.165 e. The van der Waals surface area contributed by atoms with E-state index in [1.54, 1.807) is 6.07 Å². The van der Waals surface area contributed by atoms with Crippen molar-refractivity contribution in [3.63, 3.8) is 0 Å². The third-order valence-electron chi connectivity index (χ3n) is 4.94. The fourth-order valence-electron chi connectivity index (χ4n) is 3.74. The Morgan fingerprint density at radius 3 is 2.81 bits per heavy atom. The average Bonchev–Trinajstić information content (AvgIpc) is 3.04. The molecule has 0 bridgehead atoms. The second-order valence-electron chi connectivity index (χ2n) is 6.34. The van der Waals surface area contributed by atoms with Crippen LogP contribution >= 0.6 is 0 Å². The van der Waals surface area contributed by atoms with Gasteiger partial charge in [0.15, 0.2) is 11.6 Å². The number of para-hydroxylation sites is 1. The maximum absolute atomic E-state index is 14.3. The van der Waals surface area contributed by atoms with Gasteiger partial charge in [0.05, 0.1) is 13.2 Å². The van der Waals surface area contributed by atoms with E-state index in [0.717, 1.165) is 39.0 Å². The first kappa shape index (κ1) is 15.0. The summed E-state index contributed by atoms with van der Waals surface area (Å²) < 4.78 is 19.4. The summed E-state index contributed by atoms with van der Waals surface area (Å²) in [4.78, 5) is 7.70. The Morgan fingerprint density at radius 1 is 1.08 bits per heavy atom. The number of anilines is 1. The summed E-state index contributed by atoms with van der Waals surface area (Å²) in [7, 11) is 1.47. The Hall–Kier alpha value is -3.34. The predicted molar refractivity (Wildman–Crippen MR) is 99.9 cm³/mol. The van der Waals surface area contributed by atoms with Crippen molar-refractivity contribution in [2.24, 2.45) is 0 Å². The van der Waals surface area contributed by atoms with Gasteiger partial charge < -0.3 is 15.0 Å². The molecule has 3 heterocycles. The Labute approximate surface area is 149 Å². The molecule has 5 rings (SSSR count). The van der Waals surface area contributed by atoms with Crippen LogP contribution in [0.25, 0.3) is 22.2 Å². The van der Waals surface area contributed by atoms with Gasteiger partial charge in [-0.25, -0.2) is 9.37 Å². The summed E-state index contributed by atoms with van der Waals surface area (Å²) in [6.45, 7) is 0. The van der Waals surface area contributed by atoms with Gasteiger partial charge in [-0.1, -0.05) is 24.3 Å². The zero-order valence-electron chi connectivity index (χ0n) is 14.1. The van der Waals surface area contributed by atoms with Gasteiger partial charge in [0.2, 0.25) is 0 Å². The fourth-order valence-corrected chi connectivity index (χ4v) is 3.74. The molecule has 2 N–H and O–H groups in total. The number of rotatable bonds is 2. The van der Waals surface area contributed by atoms with Crippen LogP contribution in [0.15, 0.2) is 60.9 Å². The van der Waals surface area contributed by atoms with Gasteiger partial charge in [-0.2, -0.15) is 0 Å².